The Bertz CT molecular complexity index is 1350. The van der Waals surface area contributed by atoms with Crippen LogP contribution in [0.2, 0.25) is 0 Å². The van der Waals surface area contributed by atoms with Crippen LogP contribution >= 0.6 is 0 Å². The average molecular weight is 1140 g/mol. The van der Waals surface area contributed by atoms with Gasteiger partial charge in [-0.3, -0.25) is 14.4 Å². The van der Waals surface area contributed by atoms with Crippen LogP contribution in [-0.4, -0.2) is 37.2 Å². The van der Waals surface area contributed by atoms with E-state index < -0.39 is 6.10 Å². The van der Waals surface area contributed by atoms with Gasteiger partial charge >= 0.3 is 17.9 Å². The number of ether oxygens (including phenoxy) is 3. The fourth-order valence-electron chi connectivity index (χ4n) is 11.1. The van der Waals surface area contributed by atoms with Crippen LogP contribution in [0.15, 0.2) is 36.5 Å². The van der Waals surface area contributed by atoms with Crippen molar-refractivity contribution in [3.63, 3.8) is 0 Å². The lowest BCUT2D eigenvalue weighted by molar-refractivity contribution is -0.167. The lowest BCUT2D eigenvalue weighted by atomic mass is 10.0. The Morgan fingerprint density at radius 3 is 0.716 bits per heavy atom. The topological polar surface area (TPSA) is 78.9 Å². The number of carbonyl (C=O) groups is 3. The molecule has 0 radical (unpaired) electrons. The van der Waals surface area contributed by atoms with E-state index in [1.54, 1.807) is 0 Å². The van der Waals surface area contributed by atoms with Gasteiger partial charge in [0.2, 0.25) is 0 Å². The molecule has 0 aromatic heterocycles. The van der Waals surface area contributed by atoms with E-state index in [-0.39, 0.29) is 31.1 Å². The number of unbranched alkanes of at least 4 members (excludes halogenated alkanes) is 51. The van der Waals surface area contributed by atoms with Crippen molar-refractivity contribution in [1.82, 2.24) is 0 Å². The van der Waals surface area contributed by atoms with Gasteiger partial charge in [0.25, 0.3) is 0 Å². The molecule has 0 fully saturated rings. The Labute approximate surface area is 506 Å². The minimum atomic E-state index is -0.773. The average Bonchev–Trinajstić information content (AvgIpc) is 3.47. The molecule has 0 saturated carbocycles. The second-order valence-electron chi connectivity index (χ2n) is 24.9. The molecule has 0 spiro atoms. The van der Waals surface area contributed by atoms with Gasteiger partial charge in [0, 0.05) is 19.3 Å². The molecule has 6 heteroatoms. The summed E-state index contributed by atoms with van der Waals surface area (Å²) in [6, 6.07) is 0. The summed E-state index contributed by atoms with van der Waals surface area (Å²) in [6.07, 6.45) is 87.5. The third kappa shape index (κ3) is 68.3. The van der Waals surface area contributed by atoms with Crippen LogP contribution in [0.1, 0.15) is 406 Å². The highest BCUT2D eigenvalue weighted by molar-refractivity contribution is 5.71. The molecule has 0 saturated heterocycles. The summed E-state index contributed by atoms with van der Waals surface area (Å²) in [5, 5.41) is 0. The minimum Gasteiger partial charge on any atom is -0.462 e. The zero-order valence-corrected chi connectivity index (χ0v) is 54.8. The van der Waals surface area contributed by atoms with E-state index in [1.165, 1.54) is 302 Å². The standard InChI is InChI=1S/C75H140O6/c1-4-7-10-13-16-19-22-25-28-31-33-34-35-36-37-38-39-40-42-44-47-50-53-56-59-62-65-68-74(77)80-71-72(70-79-73(76)67-64-61-58-55-52-49-46-43-30-27-24-21-18-15-12-9-6-3)81-75(78)69-66-63-60-57-54-51-48-45-41-32-29-26-23-20-17-14-11-8-5-2/h17,20,26,29,31,33,72H,4-16,18-19,21-25,27-28,30,32,34-71H2,1-3H3/b20-17-,29-26-,33-31-. The molecule has 0 heterocycles. The van der Waals surface area contributed by atoms with Gasteiger partial charge in [-0.05, 0) is 77.0 Å². The number of allylic oxidation sites excluding steroid dienone is 6. The first-order valence-electron chi connectivity index (χ1n) is 36.5. The summed E-state index contributed by atoms with van der Waals surface area (Å²) >= 11 is 0. The Morgan fingerprint density at radius 2 is 0.444 bits per heavy atom. The summed E-state index contributed by atoms with van der Waals surface area (Å²) in [5.41, 5.74) is 0. The highest BCUT2D eigenvalue weighted by Crippen LogP contribution is 2.19. The highest BCUT2D eigenvalue weighted by atomic mass is 16.6. The van der Waals surface area contributed by atoms with Crippen molar-refractivity contribution in [2.75, 3.05) is 13.2 Å². The molecule has 0 amide bonds. The van der Waals surface area contributed by atoms with Crippen LogP contribution in [0.5, 0.6) is 0 Å². The smallest absolute Gasteiger partial charge is 0.306 e. The quantitative estimate of drug-likeness (QED) is 0.0261. The number of carbonyl (C=O) groups excluding carboxylic acids is 3. The van der Waals surface area contributed by atoms with Gasteiger partial charge in [0.05, 0.1) is 0 Å². The highest BCUT2D eigenvalue weighted by Gasteiger charge is 2.19. The SMILES string of the molecule is CCCCC/C=C\C/C=C\CCCCCCCCCCCC(=O)OC(COC(=O)CCCCCCCCCCCCCCCCC/C=C\CCCCCCCCCC)COC(=O)CCCCCCCCCCCCCCCCCCC. The Morgan fingerprint density at radius 1 is 0.247 bits per heavy atom. The molecule has 0 N–H and O–H groups in total. The second kappa shape index (κ2) is 70.1. The molecular formula is C75H140O6. The first-order chi connectivity index (χ1) is 40.0. The van der Waals surface area contributed by atoms with Crippen LogP contribution in [0.4, 0.5) is 0 Å². The zero-order chi connectivity index (χ0) is 58.5. The molecule has 81 heavy (non-hydrogen) atoms. The number of hydrogen-bond acceptors (Lipinski definition) is 6. The number of rotatable bonds is 68. The van der Waals surface area contributed by atoms with Gasteiger partial charge in [0.1, 0.15) is 13.2 Å². The molecule has 0 aliphatic carbocycles. The summed E-state index contributed by atoms with van der Waals surface area (Å²) in [6.45, 7) is 6.69. The van der Waals surface area contributed by atoms with Crippen molar-refractivity contribution in [3.05, 3.63) is 36.5 Å². The third-order valence-corrected chi connectivity index (χ3v) is 16.6. The maximum atomic E-state index is 13.0. The molecule has 6 nitrogen and oxygen atoms in total. The van der Waals surface area contributed by atoms with E-state index in [2.05, 4.69) is 57.2 Å². The summed E-state index contributed by atoms with van der Waals surface area (Å²) in [7, 11) is 0. The van der Waals surface area contributed by atoms with Crippen molar-refractivity contribution in [3.8, 4) is 0 Å². The van der Waals surface area contributed by atoms with Crippen LogP contribution in [0, 0.1) is 0 Å². The molecule has 1 atom stereocenters. The predicted molar refractivity (Wildman–Crippen MR) is 353 cm³/mol. The molecule has 0 aliphatic heterocycles. The predicted octanol–water partition coefficient (Wildman–Crippen LogP) is 25.1. The van der Waals surface area contributed by atoms with Crippen LogP contribution in [0.3, 0.4) is 0 Å². The fourth-order valence-corrected chi connectivity index (χ4v) is 11.1. The molecule has 0 aromatic carbocycles. The fraction of sp³-hybridized carbons (Fsp3) is 0.880. The van der Waals surface area contributed by atoms with Crippen molar-refractivity contribution < 1.29 is 28.6 Å². The van der Waals surface area contributed by atoms with Gasteiger partial charge in [-0.15, -0.1) is 0 Å². The van der Waals surface area contributed by atoms with E-state index in [0.29, 0.717) is 19.3 Å². The zero-order valence-electron chi connectivity index (χ0n) is 54.8. The summed E-state index contributed by atoms with van der Waals surface area (Å²) in [4.78, 5) is 38.5. The Balaban J connectivity index is 4.26. The summed E-state index contributed by atoms with van der Waals surface area (Å²) in [5.74, 6) is -0.840. The van der Waals surface area contributed by atoms with E-state index >= 15 is 0 Å². The first kappa shape index (κ1) is 78.6. The van der Waals surface area contributed by atoms with Gasteiger partial charge in [-0.1, -0.05) is 346 Å². The maximum Gasteiger partial charge on any atom is 0.306 e. The van der Waals surface area contributed by atoms with Gasteiger partial charge in [-0.25, -0.2) is 0 Å². The first-order valence-corrected chi connectivity index (χ1v) is 36.5. The minimum absolute atomic E-state index is 0.0681. The molecule has 0 rings (SSSR count). The number of esters is 3. The Kier molecular flexibility index (Phi) is 68.1. The van der Waals surface area contributed by atoms with E-state index in [9.17, 15) is 14.4 Å². The van der Waals surface area contributed by atoms with Crippen LogP contribution < -0.4 is 0 Å². The van der Waals surface area contributed by atoms with Crippen molar-refractivity contribution in [2.45, 2.75) is 412 Å². The van der Waals surface area contributed by atoms with E-state index in [0.717, 1.165) is 64.2 Å². The molecule has 1 unspecified atom stereocenters. The van der Waals surface area contributed by atoms with Crippen molar-refractivity contribution in [2.24, 2.45) is 0 Å². The van der Waals surface area contributed by atoms with Crippen LogP contribution in [0.25, 0.3) is 0 Å². The lowest BCUT2D eigenvalue weighted by Gasteiger charge is -2.18. The molecule has 0 aromatic rings. The molecular weight excluding hydrogens is 997 g/mol. The van der Waals surface area contributed by atoms with Crippen LogP contribution in [-0.2, 0) is 28.6 Å². The number of hydrogen-bond donors (Lipinski definition) is 0. The van der Waals surface area contributed by atoms with Gasteiger partial charge in [-0.2, -0.15) is 0 Å². The second-order valence-corrected chi connectivity index (χ2v) is 24.9. The van der Waals surface area contributed by atoms with Crippen molar-refractivity contribution in [1.29, 1.82) is 0 Å². The molecule has 476 valence electrons. The van der Waals surface area contributed by atoms with E-state index in [4.69, 9.17) is 14.2 Å². The Hall–Kier alpha value is -2.37. The molecule has 0 aliphatic rings. The lowest BCUT2D eigenvalue weighted by Crippen LogP contribution is -2.30. The van der Waals surface area contributed by atoms with Gasteiger partial charge < -0.3 is 14.2 Å². The summed E-state index contributed by atoms with van der Waals surface area (Å²) < 4.78 is 17.0. The molecule has 0 bridgehead atoms. The third-order valence-electron chi connectivity index (χ3n) is 16.6. The van der Waals surface area contributed by atoms with Gasteiger partial charge in [0.15, 0.2) is 6.10 Å². The van der Waals surface area contributed by atoms with E-state index in [1.807, 2.05) is 0 Å². The maximum absolute atomic E-state index is 13.0. The van der Waals surface area contributed by atoms with Crippen molar-refractivity contribution >= 4 is 17.9 Å². The largest absolute Gasteiger partial charge is 0.462 e. The monoisotopic (exact) mass is 1140 g/mol. The normalized spacial score (nSPS) is 12.2.